The zero-order chi connectivity index (χ0) is 11.0. The first-order valence-electron chi connectivity index (χ1n) is 4.58. The van der Waals surface area contributed by atoms with Gasteiger partial charge in [-0.1, -0.05) is 28.9 Å². The molecular formula is C11H11BrN2O. The monoisotopic (exact) mass is 266 g/mol. The summed E-state index contributed by atoms with van der Waals surface area (Å²) in [5, 5.41) is 3.71. The Labute approximate surface area is 96.4 Å². The number of nitrogens with zero attached hydrogens (tertiary/aromatic N) is 1. The highest BCUT2D eigenvalue weighted by atomic mass is 79.9. The maximum Gasteiger partial charge on any atom is 0.183 e. The molecule has 0 aliphatic heterocycles. The largest absolute Gasteiger partial charge is 0.380 e. The lowest BCUT2D eigenvalue weighted by Crippen LogP contribution is -1.85. The molecule has 0 radical (unpaired) electrons. The first-order valence-corrected chi connectivity index (χ1v) is 5.37. The maximum atomic E-state index is 5.61. The van der Waals surface area contributed by atoms with Crippen LogP contribution in [-0.4, -0.2) is 5.16 Å². The molecule has 78 valence electrons. The van der Waals surface area contributed by atoms with Crippen molar-refractivity contribution in [3.8, 4) is 11.3 Å². The van der Waals surface area contributed by atoms with E-state index in [-0.39, 0.29) is 0 Å². The highest BCUT2D eigenvalue weighted by Crippen LogP contribution is 2.34. The molecule has 0 bridgehead atoms. The smallest absolute Gasteiger partial charge is 0.183 e. The fourth-order valence-electron chi connectivity index (χ4n) is 1.53. The predicted octanol–water partition coefficient (Wildman–Crippen LogP) is 3.30. The second kappa shape index (κ2) is 3.70. The van der Waals surface area contributed by atoms with E-state index >= 15 is 0 Å². The Morgan fingerprint density at radius 3 is 2.60 bits per heavy atom. The van der Waals surface area contributed by atoms with Crippen LogP contribution >= 0.6 is 15.9 Å². The molecule has 2 aromatic rings. The molecule has 0 amide bonds. The Bertz CT molecular complexity index is 505. The predicted molar refractivity (Wildman–Crippen MR) is 63.5 cm³/mol. The minimum atomic E-state index is 0.380. The van der Waals surface area contributed by atoms with Crippen LogP contribution in [0.1, 0.15) is 11.1 Å². The molecule has 0 fully saturated rings. The average Bonchev–Trinajstić information content (AvgIpc) is 2.49. The van der Waals surface area contributed by atoms with Crippen molar-refractivity contribution in [2.75, 3.05) is 5.73 Å². The van der Waals surface area contributed by atoms with Gasteiger partial charge in [0.05, 0.1) is 0 Å². The zero-order valence-electron chi connectivity index (χ0n) is 8.54. The number of hydrogen-bond acceptors (Lipinski definition) is 3. The second-order valence-corrected chi connectivity index (χ2v) is 4.32. The molecule has 1 aromatic heterocycles. The van der Waals surface area contributed by atoms with E-state index in [0.717, 1.165) is 15.6 Å². The van der Waals surface area contributed by atoms with Crippen molar-refractivity contribution in [1.82, 2.24) is 5.16 Å². The SMILES string of the molecule is Cc1ccc(-c2onc(N)c2Br)c(C)c1. The molecule has 1 aromatic carbocycles. The Balaban J connectivity index is 2.59. The first kappa shape index (κ1) is 10.2. The van der Waals surface area contributed by atoms with E-state index in [2.05, 4.69) is 34.1 Å². The van der Waals surface area contributed by atoms with Crippen LogP contribution in [0.4, 0.5) is 5.82 Å². The number of nitrogens with two attached hydrogens (primary N) is 1. The molecule has 1 heterocycles. The number of anilines is 1. The van der Waals surface area contributed by atoms with Gasteiger partial charge in [0.1, 0.15) is 4.47 Å². The molecule has 2 N–H and O–H groups in total. The van der Waals surface area contributed by atoms with Crippen LogP contribution in [-0.2, 0) is 0 Å². The van der Waals surface area contributed by atoms with Crippen molar-refractivity contribution >= 4 is 21.7 Å². The lowest BCUT2D eigenvalue weighted by molar-refractivity contribution is 0.435. The molecule has 0 saturated heterocycles. The van der Waals surface area contributed by atoms with Gasteiger partial charge in [0.2, 0.25) is 0 Å². The van der Waals surface area contributed by atoms with Crippen molar-refractivity contribution in [1.29, 1.82) is 0 Å². The van der Waals surface area contributed by atoms with Crippen molar-refractivity contribution in [2.45, 2.75) is 13.8 Å². The molecule has 2 rings (SSSR count). The van der Waals surface area contributed by atoms with Gasteiger partial charge in [-0.3, -0.25) is 0 Å². The Morgan fingerprint density at radius 2 is 2.07 bits per heavy atom. The topological polar surface area (TPSA) is 52.0 Å². The van der Waals surface area contributed by atoms with Gasteiger partial charge in [-0.25, -0.2) is 0 Å². The summed E-state index contributed by atoms with van der Waals surface area (Å²) in [5.41, 5.74) is 8.98. The molecule has 3 nitrogen and oxygen atoms in total. The van der Waals surface area contributed by atoms with Gasteiger partial charge in [0, 0.05) is 5.56 Å². The highest BCUT2D eigenvalue weighted by molar-refractivity contribution is 9.10. The zero-order valence-corrected chi connectivity index (χ0v) is 10.1. The van der Waals surface area contributed by atoms with Gasteiger partial charge in [-0.05, 0) is 35.3 Å². The third-order valence-electron chi connectivity index (χ3n) is 2.29. The summed E-state index contributed by atoms with van der Waals surface area (Å²) in [5.74, 6) is 1.06. The van der Waals surface area contributed by atoms with Crippen LogP contribution in [0.25, 0.3) is 11.3 Å². The number of halogens is 1. The quantitative estimate of drug-likeness (QED) is 0.862. The fraction of sp³-hybridized carbons (Fsp3) is 0.182. The number of benzene rings is 1. The van der Waals surface area contributed by atoms with Crippen LogP contribution < -0.4 is 5.73 Å². The van der Waals surface area contributed by atoms with Crippen LogP contribution in [0.2, 0.25) is 0 Å². The molecule has 0 spiro atoms. The van der Waals surface area contributed by atoms with E-state index in [1.807, 2.05) is 19.1 Å². The van der Waals surface area contributed by atoms with Crippen LogP contribution in [0.5, 0.6) is 0 Å². The van der Waals surface area contributed by atoms with Gasteiger partial charge < -0.3 is 10.3 Å². The number of rotatable bonds is 1. The van der Waals surface area contributed by atoms with Gasteiger partial charge in [-0.15, -0.1) is 0 Å². The number of nitrogen functional groups attached to an aromatic ring is 1. The minimum absolute atomic E-state index is 0.380. The third-order valence-corrected chi connectivity index (χ3v) is 3.05. The molecule has 15 heavy (non-hydrogen) atoms. The molecule has 0 aliphatic rings. The Morgan fingerprint density at radius 1 is 1.33 bits per heavy atom. The van der Waals surface area contributed by atoms with Crippen LogP contribution in [0.3, 0.4) is 0 Å². The van der Waals surface area contributed by atoms with E-state index in [1.54, 1.807) is 0 Å². The van der Waals surface area contributed by atoms with Crippen LogP contribution in [0, 0.1) is 13.8 Å². The summed E-state index contributed by atoms with van der Waals surface area (Å²) in [4.78, 5) is 0. The molecule has 4 heteroatoms. The maximum absolute atomic E-state index is 5.61. The summed E-state index contributed by atoms with van der Waals surface area (Å²) >= 11 is 3.36. The second-order valence-electron chi connectivity index (χ2n) is 3.53. The number of aryl methyl sites for hydroxylation is 2. The Hall–Kier alpha value is -1.29. The Kier molecular flexibility index (Phi) is 2.52. The van der Waals surface area contributed by atoms with Crippen molar-refractivity contribution in [2.24, 2.45) is 0 Å². The molecule has 0 unspecified atom stereocenters. The lowest BCUT2D eigenvalue weighted by atomic mass is 10.0. The minimum Gasteiger partial charge on any atom is -0.380 e. The first-order chi connectivity index (χ1) is 7.09. The standard InChI is InChI=1S/C11H11BrN2O/c1-6-3-4-8(7(2)5-6)10-9(12)11(13)14-15-10/h3-5H,1-2H3,(H2,13,14). The van der Waals surface area contributed by atoms with Gasteiger partial charge >= 0.3 is 0 Å². The average molecular weight is 267 g/mol. The molecule has 0 aliphatic carbocycles. The van der Waals surface area contributed by atoms with Gasteiger partial charge in [0.25, 0.3) is 0 Å². The lowest BCUT2D eigenvalue weighted by Gasteiger charge is -2.03. The van der Waals surface area contributed by atoms with Crippen molar-refractivity contribution < 1.29 is 4.52 Å². The van der Waals surface area contributed by atoms with Crippen molar-refractivity contribution in [3.63, 3.8) is 0 Å². The summed E-state index contributed by atoms with van der Waals surface area (Å²) in [6.07, 6.45) is 0. The molecule has 0 atom stereocenters. The fourth-order valence-corrected chi connectivity index (χ4v) is 1.89. The van der Waals surface area contributed by atoms with Crippen molar-refractivity contribution in [3.05, 3.63) is 33.8 Å². The number of hydrogen-bond donors (Lipinski definition) is 1. The van der Waals surface area contributed by atoms with E-state index in [0.29, 0.717) is 11.6 Å². The van der Waals surface area contributed by atoms with Gasteiger partial charge in [-0.2, -0.15) is 0 Å². The number of aromatic nitrogens is 1. The third kappa shape index (κ3) is 1.77. The van der Waals surface area contributed by atoms with E-state index in [9.17, 15) is 0 Å². The van der Waals surface area contributed by atoms with E-state index < -0.39 is 0 Å². The molecular weight excluding hydrogens is 256 g/mol. The van der Waals surface area contributed by atoms with Crippen LogP contribution in [0.15, 0.2) is 27.2 Å². The highest BCUT2D eigenvalue weighted by Gasteiger charge is 2.14. The van der Waals surface area contributed by atoms with Gasteiger partial charge in [0.15, 0.2) is 11.6 Å². The summed E-state index contributed by atoms with van der Waals surface area (Å²) < 4.78 is 5.90. The summed E-state index contributed by atoms with van der Waals surface area (Å²) in [7, 11) is 0. The summed E-state index contributed by atoms with van der Waals surface area (Å²) in [6, 6.07) is 6.14. The normalized spacial score (nSPS) is 10.6. The van der Waals surface area contributed by atoms with E-state index in [1.165, 1.54) is 5.56 Å². The van der Waals surface area contributed by atoms with E-state index in [4.69, 9.17) is 10.3 Å². The molecule has 0 saturated carbocycles. The summed E-state index contributed by atoms with van der Waals surface area (Å²) in [6.45, 7) is 4.09.